The van der Waals surface area contributed by atoms with Crippen LogP contribution >= 0.6 is 11.3 Å². The second-order valence-electron chi connectivity index (χ2n) is 4.31. The highest BCUT2D eigenvalue weighted by Gasteiger charge is 2.04. The Kier molecular flexibility index (Phi) is 5.40. The number of benzene rings is 1. The van der Waals surface area contributed by atoms with E-state index in [-0.39, 0.29) is 0 Å². The first-order chi connectivity index (χ1) is 10.2. The van der Waals surface area contributed by atoms with Crippen LogP contribution in [0.2, 0.25) is 0 Å². The number of carbonyl (C=O) groups is 1. The Morgan fingerprint density at radius 2 is 2.24 bits per heavy atom. The van der Waals surface area contributed by atoms with Crippen molar-refractivity contribution in [1.29, 1.82) is 0 Å². The number of carboxylic acids is 1. The topological polar surface area (TPSA) is 55.8 Å². The van der Waals surface area contributed by atoms with Crippen molar-refractivity contribution in [3.63, 3.8) is 0 Å². The molecule has 0 aliphatic rings. The monoisotopic (exact) mass is 304 g/mol. The average molecular weight is 304 g/mol. The Morgan fingerprint density at radius 1 is 1.38 bits per heavy atom. The molecule has 0 amide bonds. The molecule has 0 atom stereocenters. The van der Waals surface area contributed by atoms with Gasteiger partial charge in [-0.1, -0.05) is 0 Å². The van der Waals surface area contributed by atoms with Gasteiger partial charge in [0.15, 0.2) is 0 Å². The maximum atomic E-state index is 10.7. The number of methoxy groups -OCH3 is 1. The fourth-order valence-corrected chi connectivity index (χ4v) is 2.49. The van der Waals surface area contributed by atoms with Crippen molar-refractivity contribution in [3.8, 4) is 11.5 Å². The molecular formula is C16H16O4S. The maximum Gasteiger partial charge on any atom is 0.328 e. The van der Waals surface area contributed by atoms with Crippen molar-refractivity contribution in [2.24, 2.45) is 0 Å². The van der Waals surface area contributed by atoms with Gasteiger partial charge in [-0.3, -0.25) is 0 Å². The first-order valence-electron chi connectivity index (χ1n) is 6.42. The number of hydrogen-bond acceptors (Lipinski definition) is 4. The maximum absolute atomic E-state index is 10.7. The molecule has 1 aromatic carbocycles. The highest BCUT2D eigenvalue weighted by molar-refractivity contribution is 7.07. The van der Waals surface area contributed by atoms with Gasteiger partial charge in [0.1, 0.15) is 11.5 Å². The summed E-state index contributed by atoms with van der Waals surface area (Å²) in [5.74, 6) is 0.302. The van der Waals surface area contributed by atoms with Crippen molar-refractivity contribution in [2.75, 3.05) is 13.7 Å². The van der Waals surface area contributed by atoms with Crippen LogP contribution in [0, 0.1) is 0 Å². The summed E-state index contributed by atoms with van der Waals surface area (Å²) in [6.07, 6.45) is 3.41. The van der Waals surface area contributed by atoms with E-state index < -0.39 is 5.97 Å². The van der Waals surface area contributed by atoms with E-state index in [9.17, 15) is 4.79 Å². The van der Waals surface area contributed by atoms with Gasteiger partial charge < -0.3 is 14.6 Å². The Balaban J connectivity index is 2.07. The minimum absolute atomic E-state index is 0.539. The molecule has 0 spiro atoms. The predicted molar refractivity (Wildman–Crippen MR) is 83.2 cm³/mol. The normalized spacial score (nSPS) is 10.7. The standard InChI is InChI=1S/C16H16O4S/c1-19-14-3-4-15(13(10-14)2-5-16(17)18)20-8-6-12-7-9-21-11-12/h2-5,7,9-11H,6,8H2,1H3,(H,17,18). The predicted octanol–water partition coefficient (Wildman–Crippen LogP) is 3.48. The zero-order valence-electron chi connectivity index (χ0n) is 11.6. The van der Waals surface area contributed by atoms with Crippen LogP contribution in [0.4, 0.5) is 0 Å². The molecule has 2 aromatic rings. The van der Waals surface area contributed by atoms with Gasteiger partial charge in [0, 0.05) is 18.1 Å². The van der Waals surface area contributed by atoms with Gasteiger partial charge >= 0.3 is 5.97 Å². The van der Waals surface area contributed by atoms with Gasteiger partial charge in [-0.05, 0) is 46.7 Å². The lowest BCUT2D eigenvalue weighted by molar-refractivity contribution is -0.131. The summed E-state index contributed by atoms with van der Waals surface area (Å²) in [6.45, 7) is 0.539. The molecule has 0 saturated heterocycles. The highest BCUT2D eigenvalue weighted by atomic mass is 32.1. The summed E-state index contributed by atoms with van der Waals surface area (Å²) in [7, 11) is 1.57. The zero-order valence-corrected chi connectivity index (χ0v) is 12.4. The number of ether oxygens (including phenoxy) is 2. The molecule has 2 rings (SSSR count). The van der Waals surface area contributed by atoms with Crippen LogP contribution in [0.1, 0.15) is 11.1 Å². The largest absolute Gasteiger partial charge is 0.497 e. The van der Waals surface area contributed by atoms with Crippen LogP contribution in [0.3, 0.4) is 0 Å². The number of hydrogen-bond donors (Lipinski definition) is 1. The zero-order chi connectivity index (χ0) is 15.1. The molecule has 1 N–H and O–H groups in total. The van der Waals surface area contributed by atoms with Crippen LogP contribution in [0.25, 0.3) is 6.08 Å². The van der Waals surface area contributed by atoms with Gasteiger partial charge in [0.05, 0.1) is 13.7 Å². The molecule has 0 unspecified atom stereocenters. The van der Waals surface area contributed by atoms with E-state index in [4.69, 9.17) is 14.6 Å². The van der Waals surface area contributed by atoms with Crippen LogP contribution in [0.15, 0.2) is 41.1 Å². The summed E-state index contributed by atoms with van der Waals surface area (Å²) in [4.78, 5) is 10.7. The van der Waals surface area contributed by atoms with Crippen molar-refractivity contribution < 1.29 is 19.4 Å². The lowest BCUT2D eigenvalue weighted by Gasteiger charge is -2.10. The van der Waals surface area contributed by atoms with E-state index in [1.54, 1.807) is 36.6 Å². The van der Waals surface area contributed by atoms with Gasteiger partial charge in [-0.25, -0.2) is 4.79 Å². The molecule has 0 fully saturated rings. The van der Waals surface area contributed by atoms with E-state index in [1.807, 2.05) is 5.38 Å². The number of carboxylic acid groups (broad SMARTS) is 1. The van der Waals surface area contributed by atoms with E-state index in [0.29, 0.717) is 23.7 Å². The van der Waals surface area contributed by atoms with Crippen LogP contribution in [-0.2, 0) is 11.2 Å². The molecular weight excluding hydrogens is 288 g/mol. The van der Waals surface area contributed by atoms with Crippen molar-refractivity contribution in [2.45, 2.75) is 6.42 Å². The summed E-state index contributed by atoms with van der Waals surface area (Å²) >= 11 is 1.66. The Bertz CT molecular complexity index is 617. The molecule has 5 heteroatoms. The molecule has 4 nitrogen and oxygen atoms in total. The first-order valence-corrected chi connectivity index (χ1v) is 7.36. The highest BCUT2D eigenvalue weighted by Crippen LogP contribution is 2.25. The third-order valence-corrected chi connectivity index (χ3v) is 3.58. The SMILES string of the molecule is COc1ccc(OCCc2ccsc2)c(C=CC(=O)O)c1. The second-order valence-corrected chi connectivity index (χ2v) is 5.09. The average Bonchev–Trinajstić information content (AvgIpc) is 2.99. The Hall–Kier alpha value is -2.27. The van der Waals surface area contributed by atoms with Gasteiger partial charge in [0.25, 0.3) is 0 Å². The molecule has 110 valence electrons. The summed E-state index contributed by atoms with van der Waals surface area (Å²) in [6, 6.07) is 7.39. The fraction of sp³-hybridized carbons (Fsp3) is 0.188. The van der Waals surface area contributed by atoms with Gasteiger partial charge in [0.2, 0.25) is 0 Å². The second kappa shape index (κ2) is 7.50. The summed E-state index contributed by atoms with van der Waals surface area (Å²) in [5, 5.41) is 12.9. The lowest BCUT2D eigenvalue weighted by Crippen LogP contribution is -2.02. The fourth-order valence-electron chi connectivity index (χ4n) is 1.79. The summed E-state index contributed by atoms with van der Waals surface area (Å²) < 4.78 is 10.9. The Morgan fingerprint density at radius 3 is 2.90 bits per heavy atom. The molecule has 0 aliphatic carbocycles. The molecule has 0 aliphatic heterocycles. The van der Waals surface area contributed by atoms with E-state index >= 15 is 0 Å². The van der Waals surface area contributed by atoms with Crippen molar-refractivity contribution in [3.05, 3.63) is 52.2 Å². The smallest absolute Gasteiger partial charge is 0.328 e. The van der Waals surface area contributed by atoms with E-state index in [0.717, 1.165) is 12.5 Å². The molecule has 1 heterocycles. The molecule has 0 bridgehead atoms. The number of aliphatic carboxylic acids is 1. The molecule has 0 radical (unpaired) electrons. The number of rotatable bonds is 7. The van der Waals surface area contributed by atoms with Gasteiger partial charge in [-0.15, -0.1) is 0 Å². The third kappa shape index (κ3) is 4.65. The molecule has 1 aromatic heterocycles. The van der Waals surface area contributed by atoms with Crippen LogP contribution in [-0.4, -0.2) is 24.8 Å². The van der Waals surface area contributed by atoms with Crippen molar-refractivity contribution in [1.82, 2.24) is 0 Å². The Labute approximate surface area is 127 Å². The van der Waals surface area contributed by atoms with Gasteiger partial charge in [-0.2, -0.15) is 11.3 Å². The molecule has 21 heavy (non-hydrogen) atoms. The number of thiophene rings is 1. The minimum atomic E-state index is -0.998. The van der Waals surface area contributed by atoms with E-state index in [1.165, 1.54) is 11.6 Å². The lowest BCUT2D eigenvalue weighted by atomic mass is 10.1. The van der Waals surface area contributed by atoms with Crippen molar-refractivity contribution >= 4 is 23.4 Å². The first kappa shape index (κ1) is 15.1. The summed E-state index contributed by atoms with van der Waals surface area (Å²) in [5.41, 5.74) is 1.92. The molecule has 0 saturated carbocycles. The quantitative estimate of drug-likeness (QED) is 0.796. The van der Waals surface area contributed by atoms with Crippen LogP contribution in [0.5, 0.6) is 11.5 Å². The van der Waals surface area contributed by atoms with E-state index in [2.05, 4.69) is 11.4 Å². The third-order valence-electron chi connectivity index (χ3n) is 2.85. The van der Waals surface area contributed by atoms with Crippen LogP contribution < -0.4 is 9.47 Å². The minimum Gasteiger partial charge on any atom is -0.497 e.